The van der Waals surface area contributed by atoms with E-state index in [-0.39, 0.29) is 4.90 Å². The van der Waals surface area contributed by atoms with Crippen LogP contribution in [0.4, 0.5) is 0 Å². The molecule has 0 bridgehead atoms. The molecule has 2 rings (SSSR count). The zero-order chi connectivity index (χ0) is 13.5. The van der Waals surface area contributed by atoms with Gasteiger partial charge in [-0.15, -0.1) is 0 Å². The maximum atomic E-state index is 11.7. The number of halogens is 1. The molecule has 0 spiro atoms. The molecule has 0 aliphatic carbocycles. The van der Waals surface area contributed by atoms with Crippen molar-refractivity contribution in [1.82, 2.24) is 14.8 Å². The van der Waals surface area contributed by atoms with Crippen LogP contribution in [0, 0.1) is 13.8 Å². The van der Waals surface area contributed by atoms with Crippen LogP contribution in [0.1, 0.15) is 11.4 Å². The van der Waals surface area contributed by atoms with Gasteiger partial charge in [-0.25, -0.2) is 18.1 Å². The predicted molar refractivity (Wildman–Crippen MR) is 71.6 cm³/mol. The van der Waals surface area contributed by atoms with Crippen molar-refractivity contribution in [2.24, 2.45) is 0 Å². The van der Waals surface area contributed by atoms with Gasteiger partial charge in [0.1, 0.15) is 4.90 Å². The summed E-state index contributed by atoms with van der Waals surface area (Å²) in [6.07, 6.45) is 2.71. The summed E-state index contributed by atoms with van der Waals surface area (Å²) in [5, 5.41) is 4.30. The van der Waals surface area contributed by atoms with Gasteiger partial charge in [0.15, 0.2) is 15.7 Å². The van der Waals surface area contributed by atoms with Crippen molar-refractivity contribution in [3.63, 3.8) is 0 Å². The Bertz CT molecular complexity index is 707. The predicted octanol–water partition coefficient (Wildman–Crippen LogP) is 2.05. The largest absolute Gasteiger partial charge is 0.236 e. The van der Waals surface area contributed by atoms with E-state index in [0.717, 1.165) is 22.1 Å². The van der Waals surface area contributed by atoms with E-state index in [4.69, 9.17) is 0 Å². The third kappa shape index (κ3) is 2.20. The molecule has 0 saturated heterocycles. The van der Waals surface area contributed by atoms with E-state index >= 15 is 0 Å². The Balaban J connectivity index is 2.76. The molecule has 0 saturated carbocycles. The lowest BCUT2D eigenvalue weighted by molar-refractivity contribution is 0.599. The van der Waals surface area contributed by atoms with Crippen LogP contribution in [-0.4, -0.2) is 29.4 Å². The van der Waals surface area contributed by atoms with Crippen molar-refractivity contribution in [2.75, 3.05) is 6.26 Å². The number of aromatic nitrogens is 3. The molecular formula is C11H12BrN3O2S. The van der Waals surface area contributed by atoms with Gasteiger partial charge in [-0.1, -0.05) is 0 Å². The number of hydrogen-bond donors (Lipinski definition) is 0. The highest BCUT2D eigenvalue weighted by atomic mass is 79.9. The van der Waals surface area contributed by atoms with Crippen LogP contribution in [0.5, 0.6) is 0 Å². The second kappa shape index (κ2) is 4.47. The summed E-state index contributed by atoms with van der Waals surface area (Å²) in [4.78, 5) is 4.30. The minimum atomic E-state index is -3.34. The molecule has 0 atom stereocenters. The van der Waals surface area contributed by atoms with Crippen molar-refractivity contribution >= 4 is 25.8 Å². The fourth-order valence-corrected chi connectivity index (χ4v) is 2.70. The summed E-state index contributed by atoms with van der Waals surface area (Å²) in [5.41, 5.74) is 1.61. The van der Waals surface area contributed by atoms with Crippen LogP contribution >= 0.6 is 15.9 Å². The summed E-state index contributed by atoms with van der Waals surface area (Å²) in [6, 6.07) is 3.13. The van der Waals surface area contributed by atoms with E-state index in [9.17, 15) is 8.42 Å². The second-order valence-corrected chi connectivity index (χ2v) is 6.77. The molecule has 0 N–H and O–H groups in total. The van der Waals surface area contributed by atoms with E-state index in [1.54, 1.807) is 12.3 Å². The second-order valence-electron chi connectivity index (χ2n) is 3.99. The first-order chi connectivity index (χ1) is 8.32. The molecule has 0 fully saturated rings. The Labute approximate surface area is 114 Å². The zero-order valence-electron chi connectivity index (χ0n) is 10.2. The van der Waals surface area contributed by atoms with Crippen LogP contribution in [0.15, 0.2) is 27.7 Å². The smallest absolute Gasteiger partial charge is 0.179 e. The normalized spacial score (nSPS) is 11.8. The average Bonchev–Trinajstić information content (AvgIpc) is 2.56. The topological polar surface area (TPSA) is 64.8 Å². The van der Waals surface area contributed by atoms with E-state index in [2.05, 4.69) is 26.0 Å². The first-order valence-corrected chi connectivity index (χ1v) is 7.88. The molecule has 0 unspecified atom stereocenters. The first kappa shape index (κ1) is 13.2. The Morgan fingerprint density at radius 1 is 1.33 bits per heavy atom. The van der Waals surface area contributed by atoms with Gasteiger partial charge in [-0.05, 0) is 41.9 Å². The fraction of sp³-hybridized carbons (Fsp3) is 0.273. The SMILES string of the molecule is Cc1nn(-c2ncccc2S(C)(=O)=O)c(C)c1Br. The van der Waals surface area contributed by atoms with Crippen LogP contribution in [-0.2, 0) is 9.84 Å². The summed E-state index contributed by atoms with van der Waals surface area (Å²) in [6.45, 7) is 3.70. The highest BCUT2D eigenvalue weighted by molar-refractivity contribution is 9.10. The molecule has 0 aromatic carbocycles. The molecule has 2 heterocycles. The minimum Gasteiger partial charge on any atom is -0.236 e. The van der Waals surface area contributed by atoms with Gasteiger partial charge in [0.05, 0.1) is 15.9 Å². The average molecular weight is 330 g/mol. The van der Waals surface area contributed by atoms with E-state index in [1.165, 1.54) is 10.7 Å². The van der Waals surface area contributed by atoms with Gasteiger partial charge in [0, 0.05) is 12.5 Å². The Hall–Kier alpha value is -1.21. The molecule has 0 amide bonds. The summed E-state index contributed by atoms with van der Waals surface area (Å²) in [7, 11) is -3.34. The van der Waals surface area contributed by atoms with Crippen molar-refractivity contribution in [1.29, 1.82) is 0 Å². The quantitative estimate of drug-likeness (QED) is 0.845. The van der Waals surface area contributed by atoms with Gasteiger partial charge in [-0.3, -0.25) is 0 Å². The molecule has 0 aliphatic heterocycles. The molecule has 2 aromatic rings. The third-order valence-corrected chi connectivity index (χ3v) is 4.82. The van der Waals surface area contributed by atoms with Crippen molar-refractivity contribution in [3.05, 3.63) is 34.2 Å². The highest BCUT2D eigenvalue weighted by Crippen LogP contribution is 2.25. The van der Waals surface area contributed by atoms with Gasteiger partial charge >= 0.3 is 0 Å². The lowest BCUT2D eigenvalue weighted by Crippen LogP contribution is -2.09. The van der Waals surface area contributed by atoms with E-state index < -0.39 is 9.84 Å². The fourth-order valence-electron chi connectivity index (χ4n) is 1.66. The molecule has 5 nitrogen and oxygen atoms in total. The lowest BCUT2D eigenvalue weighted by atomic mass is 10.4. The number of aryl methyl sites for hydroxylation is 1. The number of nitrogens with zero attached hydrogens (tertiary/aromatic N) is 3. The summed E-state index contributed by atoms with van der Waals surface area (Å²) >= 11 is 3.41. The first-order valence-electron chi connectivity index (χ1n) is 5.19. The monoisotopic (exact) mass is 329 g/mol. The van der Waals surface area contributed by atoms with Crippen molar-refractivity contribution in [2.45, 2.75) is 18.7 Å². The Morgan fingerprint density at radius 3 is 2.50 bits per heavy atom. The number of sulfone groups is 1. The molecule has 0 radical (unpaired) electrons. The number of hydrogen-bond acceptors (Lipinski definition) is 4. The van der Waals surface area contributed by atoms with Crippen LogP contribution in [0.3, 0.4) is 0 Å². The summed E-state index contributed by atoms with van der Waals surface area (Å²) in [5.74, 6) is 0.325. The molecule has 0 aliphatic rings. The van der Waals surface area contributed by atoms with E-state index in [1.807, 2.05) is 13.8 Å². The van der Waals surface area contributed by atoms with Gasteiger partial charge in [-0.2, -0.15) is 5.10 Å². The number of rotatable bonds is 2. The lowest BCUT2D eigenvalue weighted by Gasteiger charge is -2.08. The van der Waals surface area contributed by atoms with Crippen molar-refractivity contribution in [3.8, 4) is 5.82 Å². The minimum absolute atomic E-state index is 0.170. The molecule has 2 aromatic heterocycles. The molecule has 7 heteroatoms. The summed E-state index contributed by atoms with van der Waals surface area (Å²) < 4.78 is 25.9. The van der Waals surface area contributed by atoms with Crippen LogP contribution < -0.4 is 0 Å². The van der Waals surface area contributed by atoms with Gasteiger partial charge in [0.2, 0.25) is 0 Å². The number of pyridine rings is 1. The van der Waals surface area contributed by atoms with Crippen LogP contribution in [0.25, 0.3) is 5.82 Å². The maximum Gasteiger partial charge on any atom is 0.179 e. The standard InChI is InChI=1S/C11H12BrN3O2S/c1-7-10(12)8(2)15(14-7)11-9(18(3,16)17)5-4-6-13-11/h4-6H,1-3H3. The van der Waals surface area contributed by atoms with Crippen LogP contribution in [0.2, 0.25) is 0 Å². The van der Waals surface area contributed by atoms with Crippen molar-refractivity contribution < 1.29 is 8.42 Å². The van der Waals surface area contributed by atoms with Gasteiger partial charge in [0.25, 0.3) is 0 Å². The molecule has 18 heavy (non-hydrogen) atoms. The molecular weight excluding hydrogens is 318 g/mol. The maximum absolute atomic E-state index is 11.7. The van der Waals surface area contributed by atoms with Gasteiger partial charge < -0.3 is 0 Å². The van der Waals surface area contributed by atoms with E-state index in [0.29, 0.717) is 5.82 Å². The highest BCUT2D eigenvalue weighted by Gasteiger charge is 2.19. The Kier molecular flexibility index (Phi) is 3.29. The molecule has 96 valence electrons. The Morgan fingerprint density at radius 2 is 2.00 bits per heavy atom. The zero-order valence-corrected chi connectivity index (χ0v) is 12.6. The third-order valence-electron chi connectivity index (χ3n) is 2.55.